The van der Waals surface area contributed by atoms with Crippen molar-refractivity contribution in [3.8, 4) is 11.5 Å². The van der Waals surface area contributed by atoms with Crippen LogP contribution < -0.4 is 26.0 Å². The highest BCUT2D eigenvalue weighted by molar-refractivity contribution is 5.76. The molecule has 2 aromatic rings. The number of ether oxygens (including phenoxy) is 3. The van der Waals surface area contributed by atoms with Crippen LogP contribution in [-0.4, -0.2) is 59.5 Å². The van der Waals surface area contributed by atoms with Crippen LogP contribution >= 0.6 is 0 Å². The number of primary amides is 1. The first-order valence-electron chi connectivity index (χ1n) is 11.1. The summed E-state index contributed by atoms with van der Waals surface area (Å²) in [5.74, 6) is 0.573. The lowest BCUT2D eigenvalue weighted by Gasteiger charge is -2.23. The van der Waals surface area contributed by atoms with Crippen molar-refractivity contribution in [2.75, 3.05) is 25.1 Å². The van der Waals surface area contributed by atoms with Crippen LogP contribution in [0.15, 0.2) is 42.5 Å². The number of fused-ring (bicyclic) bond motifs is 1. The zero-order valence-corrected chi connectivity index (χ0v) is 19.2. The van der Waals surface area contributed by atoms with Crippen molar-refractivity contribution >= 4 is 17.7 Å². The Bertz CT molecular complexity index is 1050. The number of nitrogens with one attached hydrogen (secondary N) is 2. The number of hydrogen-bond acceptors (Lipinski definition) is 8. The number of nitrogens with zero attached hydrogens (tertiary/aromatic N) is 1. The normalized spacial score (nSPS) is 20.8. The quantitative estimate of drug-likeness (QED) is 0.431. The van der Waals surface area contributed by atoms with E-state index in [9.17, 15) is 14.8 Å². The SMILES string of the molecule is CC1(C)Cc2cc(NO)c(OC3CN(CC(N)=O)C[C@@H]3NC(=O)OCc3ccccc3)cc2O1. The summed E-state index contributed by atoms with van der Waals surface area (Å²) in [7, 11) is 0. The van der Waals surface area contributed by atoms with Crippen molar-refractivity contribution in [1.82, 2.24) is 10.2 Å². The Morgan fingerprint density at radius 2 is 2.00 bits per heavy atom. The molecule has 2 aliphatic heterocycles. The maximum absolute atomic E-state index is 12.5. The smallest absolute Gasteiger partial charge is 0.407 e. The van der Waals surface area contributed by atoms with Crippen LogP contribution in [0.4, 0.5) is 10.5 Å². The molecule has 34 heavy (non-hydrogen) atoms. The Morgan fingerprint density at radius 3 is 2.71 bits per heavy atom. The summed E-state index contributed by atoms with van der Waals surface area (Å²) in [6.45, 7) is 4.83. The summed E-state index contributed by atoms with van der Waals surface area (Å²) in [5, 5.41) is 12.5. The second-order valence-corrected chi connectivity index (χ2v) is 9.24. The van der Waals surface area contributed by atoms with Crippen LogP contribution in [0.2, 0.25) is 0 Å². The molecule has 10 nitrogen and oxygen atoms in total. The van der Waals surface area contributed by atoms with Gasteiger partial charge >= 0.3 is 6.09 Å². The molecule has 1 unspecified atom stereocenters. The van der Waals surface area contributed by atoms with Crippen molar-refractivity contribution in [3.05, 3.63) is 53.6 Å². The summed E-state index contributed by atoms with van der Waals surface area (Å²) in [5.41, 5.74) is 9.41. The van der Waals surface area contributed by atoms with Gasteiger partial charge in [-0.25, -0.2) is 4.79 Å². The summed E-state index contributed by atoms with van der Waals surface area (Å²) >= 11 is 0. The Kier molecular flexibility index (Phi) is 6.80. The van der Waals surface area contributed by atoms with E-state index in [0.29, 0.717) is 36.7 Å². The first-order valence-corrected chi connectivity index (χ1v) is 11.1. The van der Waals surface area contributed by atoms with Crippen LogP contribution in [0.25, 0.3) is 0 Å². The number of carbonyl (C=O) groups excluding carboxylic acids is 2. The van der Waals surface area contributed by atoms with Crippen LogP contribution in [-0.2, 0) is 22.6 Å². The Morgan fingerprint density at radius 1 is 1.24 bits per heavy atom. The average molecular weight is 471 g/mol. The molecule has 0 saturated carbocycles. The molecule has 0 bridgehead atoms. The Labute approximate surface area is 197 Å². The van der Waals surface area contributed by atoms with E-state index < -0.39 is 24.1 Å². The fraction of sp³-hybridized carbons (Fsp3) is 0.417. The number of amides is 2. The summed E-state index contributed by atoms with van der Waals surface area (Å²) < 4.78 is 17.5. The predicted molar refractivity (Wildman–Crippen MR) is 124 cm³/mol. The molecule has 0 aliphatic carbocycles. The van der Waals surface area contributed by atoms with Gasteiger partial charge in [-0.3, -0.25) is 20.4 Å². The summed E-state index contributed by atoms with van der Waals surface area (Å²) in [6, 6.07) is 12.4. The molecule has 0 spiro atoms. The van der Waals surface area contributed by atoms with Crippen molar-refractivity contribution < 1.29 is 29.0 Å². The van der Waals surface area contributed by atoms with E-state index in [4.69, 9.17) is 19.9 Å². The fourth-order valence-corrected chi connectivity index (χ4v) is 4.36. The number of hydrogen-bond donors (Lipinski definition) is 4. The largest absolute Gasteiger partial charge is 0.487 e. The number of anilines is 1. The highest BCUT2D eigenvalue weighted by Crippen LogP contribution is 2.41. The van der Waals surface area contributed by atoms with Gasteiger partial charge in [0.25, 0.3) is 0 Å². The van der Waals surface area contributed by atoms with Crippen LogP contribution in [0.3, 0.4) is 0 Å². The minimum absolute atomic E-state index is 0.0314. The van der Waals surface area contributed by atoms with E-state index in [2.05, 4.69) is 10.8 Å². The third-order valence-corrected chi connectivity index (χ3v) is 5.80. The van der Waals surface area contributed by atoms with Gasteiger partial charge < -0.3 is 25.3 Å². The lowest BCUT2D eigenvalue weighted by atomic mass is 10.0. The van der Waals surface area contributed by atoms with E-state index in [-0.39, 0.29) is 18.8 Å². The third kappa shape index (κ3) is 5.70. The third-order valence-electron chi connectivity index (χ3n) is 5.80. The zero-order valence-electron chi connectivity index (χ0n) is 19.2. The van der Waals surface area contributed by atoms with Crippen molar-refractivity contribution in [3.63, 3.8) is 0 Å². The molecule has 0 radical (unpaired) electrons. The number of likely N-dealkylation sites (tertiary alicyclic amines) is 1. The molecule has 182 valence electrons. The van der Waals surface area contributed by atoms with Crippen LogP contribution in [0.5, 0.6) is 11.5 Å². The highest BCUT2D eigenvalue weighted by Gasteiger charge is 2.38. The Balaban J connectivity index is 1.47. The molecule has 2 aromatic carbocycles. The molecular weight excluding hydrogens is 440 g/mol. The van der Waals surface area contributed by atoms with Gasteiger partial charge in [0.05, 0.1) is 12.6 Å². The van der Waals surface area contributed by atoms with E-state index in [1.807, 2.05) is 44.2 Å². The van der Waals surface area contributed by atoms with Crippen molar-refractivity contribution in [2.24, 2.45) is 5.73 Å². The predicted octanol–water partition coefficient (Wildman–Crippen LogP) is 2.04. The molecule has 5 N–H and O–H groups in total. The van der Waals surface area contributed by atoms with Gasteiger partial charge in [0.2, 0.25) is 5.91 Å². The second-order valence-electron chi connectivity index (χ2n) is 9.24. The molecule has 4 rings (SSSR count). The maximum Gasteiger partial charge on any atom is 0.407 e. The minimum Gasteiger partial charge on any atom is -0.487 e. The molecule has 2 atom stereocenters. The topological polar surface area (TPSA) is 135 Å². The monoisotopic (exact) mass is 470 g/mol. The van der Waals surface area contributed by atoms with Gasteiger partial charge in [0, 0.05) is 31.1 Å². The van der Waals surface area contributed by atoms with Crippen LogP contribution in [0, 0.1) is 0 Å². The summed E-state index contributed by atoms with van der Waals surface area (Å²) in [4.78, 5) is 25.7. The molecule has 1 fully saturated rings. The molecule has 1 saturated heterocycles. The van der Waals surface area contributed by atoms with Gasteiger partial charge in [-0.05, 0) is 25.5 Å². The first kappa shape index (κ1) is 23.7. The van der Waals surface area contributed by atoms with Gasteiger partial charge in [-0.1, -0.05) is 30.3 Å². The molecule has 2 heterocycles. The average Bonchev–Trinajstić information content (AvgIpc) is 3.29. The number of carbonyl (C=O) groups is 2. The summed E-state index contributed by atoms with van der Waals surface area (Å²) in [6.07, 6.45) is -0.420. The van der Waals surface area contributed by atoms with Crippen molar-refractivity contribution in [2.45, 2.75) is 44.6 Å². The standard InChI is InChI=1S/C24H30N4O6/c1-24(2)10-16-8-17(27-31)20(9-19(16)34-24)33-21-12-28(13-22(25)29)11-18(21)26-23(30)32-14-15-6-4-3-5-7-15/h3-9,18,21,27,31H,10-14H2,1-2H3,(H2,25,29)(H,26,30)/t18-,21?/m0/s1. The van der Waals surface area contributed by atoms with Gasteiger partial charge in [0.15, 0.2) is 0 Å². The van der Waals surface area contributed by atoms with E-state index >= 15 is 0 Å². The molecule has 2 aliphatic rings. The lowest BCUT2D eigenvalue weighted by molar-refractivity contribution is -0.118. The molecule has 10 heteroatoms. The maximum atomic E-state index is 12.5. The van der Waals surface area contributed by atoms with Gasteiger partial charge in [0.1, 0.15) is 35.5 Å². The number of benzene rings is 2. The molecular formula is C24H30N4O6. The molecule has 0 aromatic heterocycles. The van der Waals surface area contributed by atoms with Crippen LogP contribution in [0.1, 0.15) is 25.0 Å². The van der Waals surface area contributed by atoms with E-state index in [1.54, 1.807) is 17.0 Å². The lowest BCUT2D eigenvalue weighted by Crippen LogP contribution is -2.45. The number of alkyl carbamates (subject to hydrolysis) is 1. The first-order chi connectivity index (χ1) is 16.2. The number of rotatable bonds is 8. The van der Waals surface area contributed by atoms with Gasteiger partial charge in [-0.15, -0.1) is 0 Å². The number of nitrogens with two attached hydrogens (primary N) is 1. The molecule has 2 amide bonds. The second kappa shape index (κ2) is 9.78. The highest BCUT2D eigenvalue weighted by atomic mass is 16.6. The Hall–Kier alpha value is -3.50. The minimum atomic E-state index is -0.595. The van der Waals surface area contributed by atoms with E-state index in [1.165, 1.54) is 0 Å². The zero-order chi connectivity index (χ0) is 24.3. The van der Waals surface area contributed by atoms with E-state index in [0.717, 1.165) is 11.1 Å². The van der Waals surface area contributed by atoms with Gasteiger partial charge in [-0.2, -0.15) is 0 Å². The van der Waals surface area contributed by atoms with Crippen molar-refractivity contribution in [1.29, 1.82) is 0 Å². The fourth-order valence-electron chi connectivity index (χ4n) is 4.36.